The molecular weight excluding hydrogens is 262 g/mol. The van der Waals surface area contributed by atoms with Crippen LogP contribution in [0.4, 0.5) is 5.69 Å². The van der Waals surface area contributed by atoms with Crippen molar-refractivity contribution in [2.45, 2.75) is 24.0 Å². The molecule has 0 radical (unpaired) electrons. The summed E-state index contributed by atoms with van der Waals surface area (Å²) in [4.78, 5) is 25.6. The van der Waals surface area contributed by atoms with E-state index in [1.165, 1.54) is 6.92 Å². The average molecular weight is 277 g/mol. The second-order valence-corrected chi connectivity index (χ2v) is 6.16. The van der Waals surface area contributed by atoms with Gasteiger partial charge in [0.25, 0.3) is 0 Å². The van der Waals surface area contributed by atoms with E-state index in [2.05, 4.69) is 6.58 Å². The minimum absolute atomic E-state index is 0.0837. The third kappa shape index (κ3) is 2.26. The van der Waals surface area contributed by atoms with Crippen LogP contribution >= 0.6 is 0 Å². The molecule has 2 unspecified atom stereocenters. The van der Waals surface area contributed by atoms with Gasteiger partial charge in [-0.15, -0.1) is 6.58 Å². The number of benzene rings is 1. The molecule has 2 atom stereocenters. The number of carbonyl (C=O) groups excluding carboxylic acids is 2. The zero-order valence-corrected chi connectivity index (χ0v) is 11.7. The van der Waals surface area contributed by atoms with Gasteiger partial charge < -0.3 is 4.90 Å². The second kappa shape index (κ2) is 5.09. The quantitative estimate of drug-likeness (QED) is 0.626. The lowest BCUT2D eigenvalue weighted by molar-refractivity contribution is -0.117. The van der Waals surface area contributed by atoms with Crippen molar-refractivity contribution in [3.63, 3.8) is 0 Å². The maximum atomic E-state index is 12.3. The first-order valence-electron chi connectivity index (χ1n) is 5.95. The molecule has 0 aliphatic carbocycles. The summed E-state index contributed by atoms with van der Waals surface area (Å²) in [5.41, 5.74) is 1.11. The molecule has 100 valence electrons. The molecule has 1 aromatic rings. The Bertz CT molecular complexity index is 594. The van der Waals surface area contributed by atoms with Gasteiger partial charge in [-0.2, -0.15) is 0 Å². The van der Waals surface area contributed by atoms with E-state index in [4.69, 9.17) is 0 Å². The lowest BCUT2D eigenvalue weighted by atomic mass is 10.1. The van der Waals surface area contributed by atoms with E-state index in [1.54, 1.807) is 36.1 Å². The molecular formula is C14H15NO3S. The molecule has 2 rings (SSSR count). The minimum Gasteiger partial charge on any atom is -0.306 e. The van der Waals surface area contributed by atoms with Crippen molar-refractivity contribution >= 4 is 28.2 Å². The van der Waals surface area contributed by atoms with Crippen LogP contribution in [0.2, 0.25) is 0 Å². The smallest absolute Gasteiger partial charge is 0.243 e. The van der Waals surface area contributed by atoms with Gasteiger partial charge in [-0.3, -0.25) is 13.8 Å². The number of nitrogens with zero attached hydrogens (tertiary/aromatic N) is 1. The largest absolute Gasteiger partial charge is 0.306 e. The summed E-state index contributed by atoms with van der Waals surface area (Å²) in [7, 11) is -1.42. The molecule has 5 heteroatoms. The molecule has 0 fully saturated rings. The van der Waals surface area contributed by atoms with Crippen LogP contribution in [-0.4, -0.2) is 27.7 Å². The van der Waals surface area contributed by atoms with Gasteiger partial charge in [0.15, 0.2) is 5.78 Å². The number of hydrogen-bond donors (Lipinski definition) is 0. The molecule has 0 saturated heterocycles. The van der Waals surface area contributed by atoms with E-state index in [9.17, 15) is 13.8 Å². The third-order valence-electron chi connectivity index (χ3n) is 3.12. The summed E-state index contributed by atoms with van der Waals surface area (Å²) >= 11 is 0. The van der Waals surface area contributed by atoms with E-state index >= 15 is 0 Å². The van der Waals surface area contributed by atoms with Crippen LogP contribution in [0.15, 0.2) is 35.7 Å². The predicted octanol–water partition coefficient (Wildman–Crippen LogP) is 1.92. The number of amides is 1. The summed E-state index contributed by atoms with van der Waals surface area (Å²) in [5, 5.41) is -0.602. The highest BCUT2D eigenvalue weighted by Crippen LogP contribution is 2.32. The molecule has 1 aromatic carbocycles. The first-order chi connectivity index (χ1) is 8.97. The lowest BCUT2D eigenvalue weighted by Crippen LogP contribution is -2.44. The molecule has 1 amide bonds. The van der Waals surface area contributed by atoms with Crippen LogP contribution < -0.4 is 4.90 Å². The number of fused-ring (bicyclic) bond motifs is 1. The number of ketones is 1. The highest BCUT2D eigenvalue weighted by Gasteiger charge is 2.35. The number of rotatable bonds is 3. The van der Waals surface area contributed by atoms with Crippen molar-refractivity contribution in [1.29, 1.82) is 0 Å². The molecule has 0 spiro atoms. The molecule has 0 bridgehead atoms. The van der Waals surface area contributed by atoms with Crippen LogP contribution in [-0.2, 0) is 15.6 Å². The fraction of sp³-hybridized carbons (Fsp3) is 0.286. The monoisotopic (exact) mass is 277 g/mol. The molecule has 0 saturated carbocycles. The lowest BCUT2D eigenvalue weighted by Gasteiger charge is -2.31. The van der Waals surface area contributed by atoms with Gasteiger partial charge >= 0.3 is 0 Å². The van der Waals surface area contributed by atoms with Crippen LogP contribution in [0, 0.1) is 0 Å². The molecule has 1 aliphatic rings. The Balaban J connectivity index is 2.60. The standard InChI is InChI=1S/C14H15NO3S/c1-4-7-15-12-6-5-11(9(2)16)8-13(12)19(18)10(3)14(15)17/h4-6,8,10H,1,7H2,2-3H3. The Labute approximate surface area is 114 Å². The summed E-state index contributed by atoms with van der Waals surface area (Å²) in [6.45, 7) is 7.09. The van der Waals surface area contributed by atoms with Crippen LogP contribution in [0.25, 0.3) is 0 Å². The number of carbonyl (C=O) groups is 2. The molecule has 1 heterocycles. The highest BCUT2D eigenvalue weighted by molar-refractivity contribution is 7.86. The van der Waals surface area contributed by atoms with Crippen LogP contribution in [0.5, 0.6) is 0 Å². The van der Waals surface area contributed by atoms with E-state index < -0.39 is 16.0 Å². The van der Waals surface area contributed by atoms with Gasteiger partial charge in [0, 0.05) is 12.1 Å². The van der Waals surface area contributed by atoms with Gasteiger partial charge in [-0.1, -0.05) is 6.08 Å². The van der Waals surface area contributed by atoms with Crippen molar-refractivity contribution < 1.29 is 13.8 Å². The van der Waals surface area contributed by atoms with E-state index in [-0.39, 0.29) is 11.7 Å². The van der Waals surface area contributed by atoms with Crippen molar-refractivity contribution in [2.75, 3.05) is 11.4 Å². The van der Waals surface area contributed by atoms with Crippen LogP contribution in [0.3, 0.4) is 0 Å². The zero-order valence-electron chi connectivity index (χ0n) is 10.9. The summed E-state index contributed by atoms with van der Waals surface area (Å²) < 4.78 is 12.3. The predicted molar refractivity (Wildman–Crippen MR) is 74.9 cm³/mol. The Hall–Kier alpha value is -1.75. The SMILES string of the molecule is C=CCN1C(=O)C(C)S(=O)c2cc(C(C)=O)ccc21. The average Bonchev–Trinajstić information content (AvgIpc) is 2.40. The van der Waals surface area contributed by atoms with Gasteiger partial charge in [0.05, 0.1) is 21.4 Å². The number of Topliss-reactive ketones (excluding diaryl/α,β-unsaturated/α-hetero) is 1. The van der Waals surface area contributed by atoms with Crippen molar-refractivity contribution in [2.24, 2.45) is 0 Å². The molecule has 0 aromatic heterocycles. The molecule has 19 heavy (non-hydrogen) atoms. The highest BCUT2D eigenvalue weighted by atomic mass is 32.2. The first kappa shape index (κ1) is 13.7. The van der Waals surface area contributed by atoms with Gasteiger partial charge in [-0.05, 0) is 32.0 Å². The molecule has 1 aliphatic heterocycles. The van der Waals surface area contributed by atoms with Crippen molar-refractivity contribution in [1.82, 2.24) is 0 Å². The van der Waals surface area contributed by atoms with Crippen molar-refractivity contribution in [3.05, 3.63) is 36.4 Å². The zero-order chi connectivity index (χ0) is 14.2. The summed E-state index contributed by atoms with van der Waals surface area (Å²) in [6, 6.07) is 4.95. The third-order valence-corrected chi connectivity index (χ3v) is 4.72. The fourth-order valence-electron chi connectivity index (χ4n) is 2.05. The van der Waals surface area contributed by atoms with E-state index in [0.717, 1.165) is 0 Å². The maximum absolute atomic E-state index is 12.3. The molecule has 4 nitrogen and oxygen atoms in total. The van der Waals surface area contributed by atoms with Crippen LogP contribution in [0.1, 0.15) is 24.2 Å². The number of hydrogen-bond acceptors (Lipinski definition) is 3. The number of anilines is 1. The van der Waals surface area contributed by atoms with E-state index in [1.807, 2.05) is 0 Å². The second-order valence-electron chi connectivity index (χ2n) is 4.42. The summed E-state index contributed by atoms with van der Waals surface area (Å²) in [6.07, 6.45) is 1.63. The van der Waals surface area contributed by atoms with Crippen molar-refractivity contribution in [3.8, 4) is 0 Å². The maximum Gasteiger partial charge on any atom is 0.243 e. The Morgan fingerprint density at radius 1 is 1.53 bits per heavy atom. The van der Waals surface area contributed by atoms with E-state index in [0.29, 0.717) is 22.7 Å². The van der Waals surface area contributed by atoms with Gasteiger partial charge in [0.2, 0.25) is 5.91 Å². The topological polar surface area (TPSA) is 54.5 Å². The Kier molecular flexibility index (Phi) is 3.66. The molecule has 0 N–H and O–H groups in total. The van der Waals surface area contributed by atoms with Gasteiger partial charge in [-0.25, -0.2) is 0 Å². The Morgan fingerprint density at radius 3 is 2.79 bits per heavy atom. The minimum atomic E-state index is -1.42. The summed E-state index contributed by atoms with van der Waals surface area (Å²) in [5.74, 6) is -0.263. The normalized spacial score (nSPS) is 22.0. The fourth-order valence-corrected chi connectivity index (χ4v) is 3.37. The first-order valence-corrected chi connectivity index (χ1v) is 7.16. The van der Waals surface area contributed by atoms with Gasteiger partial charge in [0.1, 0.15) is 5.25 Å². The Morgan fingerprint density at radius 2 is 2.21 bits per heavy atom.